The first-order chi connectivity index (χ1) is 10.5. The van der Waals surface area contributed by atoms with E-state index >= 15 is 0 Å². The molecule has 3 nitrogen and oxygen atoms in total. The molecule has 22 heavy (non-hydrogen) atoms. The number of carbonyl (C=O) groups excluding carboxylic acids is 2. The summed E-state index contributed by atoms with van der Waals surface area (Å²) in [7, 11) is 0. The largest absolute Gasteiger partial charge is 0.423 e. The van der Waals surface area contributed by atoms with Crippen molar-refractivity contribution < 1.29 is 14.3 Å². The highest BCUT2D eigenvalue weighted by Gasteiger charge is 2.10. The van der Waals surface area contributed by atoms with E-state index < -0.39 is 5.97 Å². The van der Waals surface area contributed by atoms with E-state index in [-0.39, 0.29) is 5.78 Å². The van der Waals surface area contributed by atoms with Gasteiger partial charge in [-0.05, 0) is 61.2 Å². The quantitative estimate of drug-likeness (QED) is 0.459. The van der Waals surface area contributed by atoms with Crippen LogP contribution in [-0.2, 0) is 0 Å². The summed E-state index contributed by atoms with van der Waals surface area (Å²) < 4.78 is 5.31. The van der Waals surface area contributed by atoms with E-state index in [1.807, 2.05) is 12.1 Å². The summed E-state index contributed by atoms with van der Waals surface area (Å²) in [4.78, 5) is 23.3. The third-order valence-corrected chi connectivity index (χ3v) is 3.80. The van der Waals surface area contributed by atoms with Crippen molar-refractivity contribution in [2.24, 2.45) is 0 Å². The Hall–Kier alpha value is -2.42. The van der Waals surface area contributed by atoms with E-state index in [9.17, 15) is 9.59 Å². The van der Waals surface area contributed by atoms with Gasteiger partial charge in [-0.2, -0.15) is 0 Å². The third-order valence-electron chi connectivity index (χ3n) is 3.80. The van der Waals surface area contributed by atoms with Crippen LogP contribution in [0, 0.1) is 0 Å². The van der Waals surface area contributed by atoms with Crippen molar-refractivity contribution in [2.75, 3.05) is 0 Å². The van der Waals surface area contributed by atoms with Gasteiger partial charge in [0.25, 0.3) is 0 Å². The molecule has 0 aliphatic heterocycles. The van der Waals surface area contributed by atoms with E-state index in [1.165, 1.54) is 12.5 Å². The number of carbonyl (C=O) groups is 2. The summed E-state index contributed by atoms with van der Waals surface area (Å²) >= 11 is 0. The van der Waals surface area contributed by atoms with Crippen LogP contribution in [0.4, 0.5) is 0 Å². The fraction of sp³-hybridized carbons (Fsp3) is 0.263. The molecule has 0 amide bonds. The van der Waals surface area contributed by atoms with Gasteiger partial charge in [-0.25, -0.2) is 4.79 Å². The molecule has 0 spiro atoms. The van der Waals surface area contributed by atoms with Crippen molar-refractivity contribution in [3.8, 4) is 5.75 Å². The summed E-state index contributed by atoms with van der Waals surface area (Å²) in [6, 6.07) is 14.0. The molecule has 3 heteroatoms. The number of esters is 1. The minimum Gasteiger partial charge on any atom is -0.423 e. The SMILES string of the molecule is CCC(C)c1ccc(C(=O)Oc2ccc(C(C)=O)cc2)cc1. The molecular weight excluding hydrogens is 276 g/mol. The smallest absolute Gasteiger partial charge is 0.343 e. The Kier molecular flexibility index (Phi) is 5.10. The van der Waals surface area contributed by atoms with Crippen molar-refractivity contribution >= 4 is 11.8 Å². The van der Waals surface area contributed by atoms with Crippen molar-refractivity contribution in [1.29, 1.82) is 0 Å². The normalized spacial score (nSPS) is 11.8. The molecule has 0 radical (unpaired) electrons. The molecule has 0 saturated carbocycles. The maximum Gasteiger partial charge on any atom is 0.343 e. The maximum atomic E-state index is 12.1. The summed E-state index contributed by atoms with van der Waals surface area (Å²) in [6.45, 7) is 5.79. The fourth-order valence-electron chi connectivity index (χ4n) is 2.11. The topological polar surface area (TPSA) is 43.4 Å². The van der Waals surface area contributed by atoms with Gasteiger partial charge in [-0.3, -0.25) is 4.79 Å². The highest BCUT2D eigenvalue weighted by Crippen LogP contribution is 2.20. The van der Waals surface area contributed by atoms with Crippen LogP contribution in [0.15, 0.2) is 48.5 Å². The molecule has 0 bridgehead atoms. The molecule has 0 fully saturated rings. The second-order valence-corrected chi connectivity index (χ2v) is 5.40. The molecule has 1 atom stereocenters. The van der Waals surface area contributed by atoms with Gasteiger partial charge in [0, 0.05) is 5.56 Å². The molecule has 2 aromatic carbocycles. The summed E-state index contributed by atoms with van der Waals surface area (Å²) in [6.07, 6.45) is 1.06. The Morgan fingerprint density at radius 1 is 0.955 bits per heavy atom. The average molecular weight is 296 g/mol. The molecule has 0 aliphatic carbocycles. The van der Waals surface area contributed by atoms with Crippen LogP contribution in [0.2, 0.25) is 0 Å². The third kappa shape index (κ3) is 3.82. The summed E-state index contributed by atoms with van der Waals surface area (Å²) in [5.74, 6) is 0.495. The lowest BCUT2D eigenvalue weighted by atomic mass is 9.98. The molecule has 1 unspecified atom stereocenters. The first kappa shape index (κ1) is 16.0. The number of hydrogen-bond acceptors (Lipinski definition) is 3. The lowest BCUT2D eigenvalue weighted by Gasteiger charge is -2.09. The molecule has 114 valence electrons. The number of hydrogen-bond donors (Lipinski definition) is 0. The van der Waals surface area contributed by atoms with E-state index in [1.54, 1.807) is 36.4 Å². The Morgan fingerprint density at radius 3 is 2.00 bits per heavy atom. The Balaban J connectivity index is 2.07. The lowest BCUT2D eigenvalue weighted by Crippen LogP contribution is -2.08. The van der Waals surface area contributed by atoms with Gasteiger partial charge >= 0.3 is 5.97 Å². The summed E-state index contributed by atoms with van der Waals surface area (Å²) in [5.41, 5.74) is 2.32. The fourth-order valence-corrected chi connectivity index (χ4v) is 2.11. The number of Topliss-reactive ketones (excluding diaryl/α,β-unsaturated/α-hetero) is 1. The van der Waals surface area contributed by atoms with Gasteiger partial charge in [0.15, 0.2) is 5.78 Å². The highest BCUT2D eigenvalue weighted by atomic mass is 16.5. The molecule has 0 saturated heterocycles. The van der Waals surface area contributed by atoms with E-state index in [2.05, 4.69) is 13.8 Å². The van der Waals surface area contributed by atoms with E-state index in [4.69, 9.17) is 4.74 Å². The van der Waals surface area contributed by atoms with Gasteiger partial charge in [-0.15, -0.1) is 0 Å². The van der Waals surface area contributed by atoms with Crippen LogP contribution in [-0.4, -0.2) is 11.8 Å². The molecule has 0 aromatic heterocycles. The Labute approximate surface area is 130 Å². The summed E-state index contributed by atoms with van der Waals surface area (Å²) in [5, 5.41) is 0. The van der Waals surface area contributed by atoms with E-state index in [0.29, 0.717) is 22.8 Å². The second-order valence-electron chi connectivity index (χ2n) is 5.40. The monoisotopic (exact) mass is 296 g/mol. The van der Waals surface area contributed by atoms with Crippen LogP contribution >= 0.6 is 0 Å². The van der Waals surface area contributed by atoms with Gasteiger partial charge in [-0.1, -0.05) is 26.0 Å². The zero-order chi connectivity index (χ0) is 16.1. The Morgan fingerprint density at radius 2 is 1.50 bits per heavy atom. The van der Waals surface area contributed by atoms with Gasteiger partial charge in [0.1, 0.15) is 5.75 Å². The second kappa shape index (κ2) is 7.03. The van der Waals surface area contributed by atoms with Crippen molar-refractivity contribution in [1.82, 2.24) is 0 Å². The number of rotatable bonds is 5. The van der Waals surface area contributed by atoms with Crippen molar-refractivity contribution in [3.63, 3.8) is 0 Å². The zero-order valence-electron chi connectivity index (χ0n) is 13.1. The average Bonchev–Trinajstić information content (AvgIpc) is 2.54. The van der Waals surface area contributed by atoms with Gasteiger partial charge < -0.3 is 4.74 Å². The number of ether oxygens (including phenoxy) is 1. The van der Waals surface area contributed by atoms with Crippen LogP contribution < -0.4 is 4.74 Å². The zero-order valence-corrected chi connectivity index (χ0v) is 13.1. The number of benzene rings is 2. The first-order valence-corrected chi connectivity index (χ1v) is 7.44. The molecule has 2 rings (SSSR count). The predicted molar refractivity (Wildman–Crippen MR) is 86.6 cm³/mol. The van der Waals surface area contributed by atoms with Crippen LogP contribution in [0.1, 0.15) is 59.4 Å². The molecule has 0 heterocycles. The van der Waals surface area contributed by atoms with E-state index in [0.717, 1.165) is 6.42 Å². The molecule has 0 aliphatic rings. The Bertz CT molecular complexity index is 654. The van der Waals surface area contributed by atoms with Gasteiger partial charge in [0.2, 0.25) is 0 Å². The van der Waals surface area contributed by atoms with Crippen LogP contribution in [0.3, 0.4) is 0 Å². The first-order valence-electron chi connectivity index (χ1n) is 7.44. The van der Waals surface area contributed by atoms with Gasteiger partial charge in [0.05, 0.1) is 5.56 Å². The van der Waals surface area contributed by atoms with Crippen molar-refractivity contribution in [3.05, 3.63) is 65.2 Å². The maximum absolute atomic E-state index is 12.1. The predicted octanol–water partition coefficient (Wildman–Crippen LogP) is 4.62. The number of ketones is 1. The van der Waals surface area contributed by atoms with Crippen LogP contribution in [0.25, 0.3) is 0 Å². The van der Waals surface area contributed by atoms with Crippen molar-refractivity contribution in [2.45, 2.75) is 33.1 Å². The molecular formula is C19H20O3. The molecule has 0 N–H and O–H groups in total. The molecule has 2 aromatic rings. The lowest BCUT2D eigenvalue weighted by molar-refractivity contribution is 0.0734. The minimum absolute atomic E-state index is 0.0153. The van der Waals surface area contributed by atoms with Crippen LogP contribution in [0.5, 0.6) is 5.75 Å². The highest BCUT2D eigenvalue weighted by molar-refractivity contribution is 5.94. The standard InChI is InChI=1S/C19H20O3/c1-4-13(2)15-5-7-17(8-6-15)19(21)22-18-11-9-16(10-12-18)14(3)20/h5-13H,4H2,1-3H3. The minimum atomic E-state index is -0.397.